The van der Waals surface area contributed by atoms with Gasteiger partial charge in [0.2, 0.25) is 5.91 Å². The number of fused-ring (bicyclic) bond motifs is 4. The summed E-state index contributed by atoms with van der Waals surface area (Å²) in [5.74, 6) is 0.892. The zero-order chi connectivity index (χ0) is 18.4. The fourth-order valence-electron chi connectivity index (χ4n) is 5.18. The van der Waals surface area contributed by atoms with Gasteiger partial charge in [-0.3, -0.25) is 14.9 Å². The van der Waals surface area contributed by atoms with Crippen LogP contribution in [-0.2, 0) is 11.3 Å². The first-order chi connectivity index (χ1) is 13.2. The summed E-state index contributed by atoms with van der Waals surface area (Å²) in [4.78, 5) is 27.4. The van der Waals surface area contributed by atoms with Crippen LogP contribution in [0.25, 0.3) is 0 Å². The number of pyridine rings is 1. The number of rotatable bonds is 2. The second kappa shape index (κ2) is 6.64. The highest BCUT2D eigenvalue weighted by atomic mass is 16.2. The van der Waals surface area contributed by atoms with Gasteiger partial charge in [0.25, 0.3) is 5.56 Å². The topological polar surface area (TPSA) is 54.3 Å². The standard InChI is InChI=1S/C22H25N3O2/c26-21-8-4-7-20-17-11-15(13-25(20)21)12-24(14-17)22(27)19-10-9-18(23-19)16-5-2-1-3-6-16/h1-8,15,17-19,23H,9-14H2/t15-,17+,18+,19+/m0/s1. The van der Waals surface area contributed by atoms with Crippen molar-refractivity contribution in [1.82, 2.24) is 14.8 Å². The van der Waals surface area contributed by atoms with Gasteiger partial charge in [-0.1, -0.05) is 36.4 Å². The smallest absolute Gasteiger partial charge is 0.250 e. The Hall–Kier alpha value is -2.40. The van der Waals surface area contributed by atoms with Crippen LogP contribution >= 0.6 is 0 Å². The van der Waals surface area contributed by atoms with Crippen LogP contribution < -0.4 is 10.9 Å². The fourth-order valence-corrected chi connectivity index (χ4v) is 5.18. The van der Waals surface area contributed by atoms with Crippen molar-refractivity contribution >= 4 is 5.91 Å². The minimum absolute atomic E-state index is 0.0881. The van der Waals surface area contributed by atoms with Crippen molar-refractivity contribution in [3.05, 3.63) is 70.1 Å². The van der Waals surface area contributed by atoms with E-state index in [9.17, 15) is 9.59 Å². The quantitative estimate of drug-likeness (QED) is 0.891. The number of likely N-dealkylation sites (tertiary alicyclic amines) is 1. The normalized spacial score (nSPS) is 29.4. The summed E-state index contributed by atoms with van der Waals surface area (Å²) >= 11 is 0. The lowest BCUT2D eigenvalue weighted by molar-refractivity contribution is -0.135. The summed E-state index contributed by atoms with van der Waals surface area (Å²) in [6.07, 6.45) is 2.97. The molecule has 1 amide bonds. The van der Waals surface area contributed by atoms with E-state index in [1.165, 1.54) is 5.56 Å². The van der Waals surface area contributed by atoms with Gasteiger partial charge in [0, 0.05) is 43.4 Å². The molecule has 2 aromatic rings. The maximum absolute atomic E-state index is 13.2. The molecule has 5 rings (SSSR count). The molecule has 3 aliphatic rings. The summed E-state index contributed by atoms with van der Waals surface area (Å²) in [6, 6.07) is 16.1. The number of nitrogens with one attached hydrogen (secondary N) is 1. The zero-order valence-corrected chi connectivity index (χ0v) is 15.4. The molecule has 0 unspecified atom stereocenters. The fraction of sp³-hybridized carbons (Fsp3) is 0.455. The minimum atomic E-state index is -0.0907. The van der Waals surface area contributed by atoms with Crippen LogP contribution in [0.1, 0.15) is 42.5 Å². The number of nitrogens with zero attached hydrogens (tertiary/aromatic N) is 2. The van der Waals surface area contributed by atoms with Gasteiger partial charge in [-0.05, 0) is 36.8 Å². The molecule has 3 aliphatic heterocycles. The molecule has 0 radical (unpaired) electrons. The van der Waals surface area contributed by atoms with Gasteiger partial charge in [0.15, 0.2) is 0 Å². The molecule has 1 aromatic carbocycles. The van der Waals surface area contributed by atoms with Crippen LogP contribution in [0.15, 0.2) is 53.3 Å². The van der Waals surface area contributed by atoms with Crippen LogP contribution in [0.2, 0.25) is 0 Å². The molecule has 0 aliphatic carbocycles. The van der Waals surface area contributed by atoms with Crippen molar-refractivity contribution in [2.45, 2.75) is 43.8 Å². The van der Waals surface area contributed by atoms with Crippen LogP contribution in [0.4, 0.5) is 0 Å². The third-order valence-corrected chi connectivity index (χ3v) is 6.44. The summed E-state index contributed by atoms with van der Waals surface area (Å²) in [6.45, 7) is 2.23. The lowest BCUT2D eigenvalue weighted by Gasteiger charge is -2.43. The lowest BCUT2D eigenvalue weighted by Crippen LogP contribution is -2.53. The maximum Gasteiger partial charge on any atom is 0.250 e. The van der Waals surface area contributed by atoms with Crippen LogP contribution in [0, 0.1) is 5.92 Å². The van der Waals surface area contributed by atoms with E-state index in [0.717, 1.165) is 44.6 Å². The number of piperidine rings is 1. The van der Waals surface area contributed by atoms with E-state index in [-0.39, 0.29) is 29.5 Å². The molecule has 2 bridgehead atoms. The average molecular weight is 363 g/mol. The monoisotopic (exact) mass is 363 g/mol. The Bertz CT molecular complexity index is 907. The van der Waals surface area contributed by atoms with Gasteiger partial charge in [-0.2, -0.15) is 0 Å². The molecule has 1 aromatic heterocycles. The summed E-state index contributed by atoms with van der Waals surface area (Å²) < 4.78 is 1.92. The second-order valence-electron chi connectivity index (χ2n) is 8.20. The van der Waals surface area contributed by atoms with E-state index in [2.05, 4.69) is 35.6 Å². The number of hydrogen-bond donors (Lipinski definition) is 1. The van der Waals surface area contributed by atoms with Gasteiger partial charge < -0.3 is 9.47 Å². The predicted molar refractivity (Wildman–Crippen MR) is 103 cm³/mol. The largest absolute Gasteiger partial charge is 0.340 e. The second-order valence-corrected chi connectivity index (χ2v) is 8.20. The zero-order valence-electron chi connectivity index (χ0n) is 15.4. The molecule has 4 heterocycles. The highest BCUT2D eigenvalue weighted by Gasteiger charge is 2.39. The Morgan fingerprint density at radius 3 is 2.67 bits per heavy atom. The highest BCUT2D eigenvalue weighted by Crippen LogP contribution is 2.36. The molecule has 5 nitrogen and oxygen atoms in total. The minimum Gasteiger partial charge on any atom is -0.340 e. The van der Waals surface area contributed by atoms with Gasteiger partial charge in [0.1, 0.15) is 0 Å². The van der Waals surface area contributed by atoms with Crippen molar-refractivity contribution in [2.75, 3.05) is 13.1 Å². The van der Waals surface area contributed by atoms with E-state index < -0.39 is 0 Å². The Morgan fingerprint density at radius 2 is 1.81 bits per heavy atom. The molecule has 27 heavy (non-hydrogen) atoms. The van der Waals surface area contributed by atoms with Crippen molar-refractivity contribution in [1.29, 1.82) is 0 Å². The van der Waals surface area contributed by atoms with Crippen molar-refractivity contribution in [2.24, 2.45) is 5.92 Å². The van der Waals surface area contributed by atoms with E-state index in [4.69, 9.17) is 0 Å². The molecular formula is C22H25N3O2. The average Bonchev–Trinajstić information content (AvgIpc) is 3.19. The Kier molecular flexibility index (Phi) is 4.12. The van der Waals surface area contributed by atoms with Crippen LogP contribution in [0.3, 0.4) is 0 Å². The number of benzene rings is 1. The molecule has 2 saturated heterocycles. The molecule has 5 heteroatoms. The molecular weight excluding hydrogens is 338 g/mol. The van der Waals surface area contributed by atoms with Gasteiger partial charge in [0.05, 0.1) is 6.04 Å². The first-order valence-electron chi connectivity index (χ1n) is 9.98. The van der Waals surface area contributed by atoms with Gasteiger partial charge in [-0.25, -0.2) is 0 Å². The van der Waals surface area contributed by atoms with E-state index in [1.807, 2.05) is 21.6 Å². The molecule has 1 N–H and O–H groups in total. The van der Waals surface area contributed by atoms with E-state index >= 15 is 0 Å². The number of amides is 1. The van der Waals surface area contributed by atoms with Gasteiger partial charge in [-0.15, -0.1) is 0 Å². The number of carbonyl (C=O) groups is 1. The Labute approximate surface area is 159 Å². The summed E-state index contributed by atoms with van der Waals surface area (Å²) in [5.41, 5.74) is 2.44. The van der Waals surface area contributed by atoms with Crippen molar-refractivity contribution < 1.29 is 4.79 Å². The number of carbonyl (C=O) groups excluding carboxylic acids is 1. The predicted octanol–water partition coefficient (Wildman–Crippen LogP) is 2.29. The third kappa shape index (κ3) is 3.00. The molecule has 2 fully saturated rings. The third-order valence-electron chi connectivity index (χ3n) is 6.44. The molecule has 140 valence electrons. The van der Waals surface area contributed by atoms with E-state index in [1.54, 1.807) is 6.07 Å². The highest BCUT2D eigenvalue weighted by molar-refractivity contribution is 5.82. The molecule has 4 atom stereocenters. The molecule has 0 spiro atoms. The lowest BCUT2D eigenvalue weighted by atomic mass is 9.83. The number of aromatic nitrogens is 1. The Morgan fingerprint density at radius 1 is 0.963 bits per heavy atom. The summed E-state index contributed by atoms with van der Waals surface area (Å²) in [5, 5.41) is 3.55. The van der Waals surface area contributed by atoms with Gasteiger partial charge >= 0.3 is 0 Å². The number of hydrogen-bond acceptors (Lipinski definition) is 3. The first kappa shape index (κ1) is 16.8. The summed E-state index contributed by atoms with van der Waals surface area (Å²) in [7, 11) is 0. The first-order valence-corrected chi connectivity index (χ1v) is 9.98. The Balaban J connectivity index is 1.31. The SMILES string of the molecule is O=C([C@H]1CC[C@H](c2ccccc2)N1)N1C[C@@H]2C[C@H](C1)c1cccc(=O)n1C2. The van der Waals surface area contributed by atoms with Crippen molar-refractivity contribution in [3.63, 3.8) is 0 Å². The van der Waals surface area contributed by atoms with Crippen LogP contribution in [-0.4, -0.2) is 34.5 Å². The van der Waals surface area contributed by atoms with Crippen molar-refractivity contribution in [3.8, 4) is 0 Å². The molecule has 0 saturated carbocycles. The van der Waals surface area contributed by atoms with Crippen LogP contribution in [0.5, 0.6) is 0 Å². The van der Waals surface area contributed by atoms with E-state index in [0.29, 0.717) is 5.92 Å². The maximum atomic E-state index is 13.2.